The third-order valence-corrected chi connectivity index (χ3v) is 7.04. The fourth-order valence-corrected chi connectivity index (χ4v) is 5.07. The van der Waals surface area contributed by atoms with E-state index in [4.69, 9.17) is 11.6 Å². The number of amides is 2. The van der Waals surface area contributed by atoms with Crippen LogP contribution in [0.25, 0.3) is 0 Å². The van der Waals surface area contributed by atoms with Gasteiger partial charge >= 0.3 is 0 Å². The largest absolute Gasteiger partial charge is 0.371 e. The van der Waals surface area contributed by atoms with E-state index < -0.39 is 11.7 Å². The van der Waals surface area contributed by atoms with Crippen LogP contribution in [0, 0.1) is 11.7 Å². The van der Waals surface area contributed by atoms with Crippen LogP contribution in [0.1, 0.15) is 28.8 Å². The van der Waals surface area contributed by atoms with Crippen molar-refractivity contribution in [2.24, 2.45) is 5.92 Å². The average Bonchev–Trinajstić information content (AvgIpc) is 3.01. The summed E-state index contributed by atoms with van der Waals surface area (Å²) < 4.78 is 14.5. The maximum absolute atomic E-state index is 14.5. The van der Waals surface area contributed by atoms with Gasteiger partial charge in [-0.05, 0) is 60.7 Å². The average molecular weight is 493 g/mol. The topological polar surface area (TPSA) is 56.8 Å². The van der Waals surface area contributed by atoms with Gasteiger partial charge < -0.3 is 14.7 Å². The normalized spacial score (nSPS) is 16.7. The van der Waals surface area contributed by atoms with Gasteiger partial charge in [-0.2, -0.15) is 0 Å². The van der Waals surface area contributed by atoms with Crippen LogP contribution in [0.2, 0.25) is 5.02 Å². The standard InChI is InChI=1S/C27H26ClFN4O2/c28-21-5-6-23(24(29)15-21)27(35)32-17-20-3-1-2-4-25(20)33(26(34)18-32)16-19-9-13-31(14-10-19)22-7-11-30-12-8-22/h1-8,11-12,15,19H,9-10,13-14,16-18H2. The van der Waals surface area contributed by atoms with Crippen molar-refractivity contribution < 1.29 is 14.0 Å². The van der Waals surface area contributed by atoms with Crippen molar-refractivity contribution in [3.05, 3.63) is 89.0 Å². The quantitative estimate of drug-likeness (QED) is 0.526. The number of para-hydroxylation sites is 1. The molecule has 0 atom stereocenters. The molecule has 3 aromatic rings. The molecule has 1 aromatic heterocycles. The molecule has 0 spiro atoms. The van der Waals surface area contributed by atoms with Gasteiger partial charge in [0.2, 0.25) is 5.91 Å². The molecule has 8 heteroatoms. The molecule has 0 radical (unpaired) electrons. The smallest absolute Gasteiger partial charge is 0.257 e. The second-order valence-corrected chi connectivity index (χ2v) is 9.49. The Balaban J connectivity index is 1.33. The third kappa shape index (κ3) is 5.00. The Morgan fingerprint density at radius 1 is 1.03 bits per heavy atom. The molecule has 1 saturated heterocycles. The first-order valence-electron chi connectivity index (χ1n) is 11.8. The van der Waals surface area contributed by atoms with E-state index in [1.807, 2.05) is 41.3 Å². The highest BCUT2D eigenvalue weighted by Gasteiger charge is 2.32. The van der Waals surface area contributed by atoms with Crippen LogP contribution in [-0.2, 0) is 11.3 Å². The molecule has 3 heterocycles. The number of piperidine rings is 1. The molecular weight excluding hydrogens is 467 g/mol. The summed E-state index contributed by atoms with van der Waals surface area (Å²) in [5.74, 6) is -1.02. The molecule has 180 valence electrons. The molecule has 2 amide bonds. The van der Waals surface area contributed by atoms with Crippen LogP contribution in [-0.4, -0.2) is 47.9 Å². The molecule has 2 aliphatic heterocycles. The lowest BCUT2D eigenvalue weighted by Gasteiger charge is -2.36. The number of halogens is 2. The highest BCUT2D eigenvalue weighted by atomic mass is 35.5. The summed E-state index contributed by atoms with van der Waals surface area (Å²) in [6.45, 7) is 2.56. The van der Waals surface area contributed by atoms with Gasteiger partial charge in [0, 0.05) is 55.0 Å². The van der Waals surface area contributed by atoms with E-state index in [-0.39, 0.29) is 29.6 Å². The van der Waals surface area contributed by atoms with E-state index in [1.165, 1.54) is 22.7 Å². The van der Waals surface area contributed by atoms with Gasteiger partial charge in [0.1, 0.15) is 12.4 Å². The molecule has 35 heavy (non-hydrogen) atoms. The van der Waals surface area contributed by atoms with Gasteiger partial charge in [0.25, 0.3) is 5.91 Å². The van der Waals surface area contributed by atoms with Gasteiger partial charge in [-0.25, -0.2) is 4.39 Å². The number of hydrogen-bond donors (Lipinski definition) is 0. The lowest BCUT2D eigenvalue weighted by atomic mass is 9.95. The summed E-state index contributed by atoms with van der Waals surface area (Å²) in [6, 6.07) is 15.7. The molecule has 2 aromatic carbocycles. The van der Waals surface area contributed by atoms with E-state index in [0.717, 1.165) is 43.2 Å². The minimum Gasteiger partial charge on any atom is -0.371 e. The minimum atomic E-state index is -0.690. The van der Waals surface area contributed by atoms with Crippen LogP contribution < -0.4 is 9.80 Å². The van der Waals surface area contributed by atoms with Crippen LogP contribution >= 0.6 is 11.6 Å². The SMILES string of the molecule is O=C(c1ccc(Cl)cc1F)N1CC(=O)N(CC2CCN(c3ccncc3)CC2)c2ccccc2C1. The molecule has 6 nitrogen and oxygen atoms in total. The Hall–Kier alpha value is -3.45. The monoisotopic (exact) mass is 492 g/mol. The summed E-state index contributed by atoms with van der Waals surface area (Å²) in [5, 5.41) is 0.220. The number of benzene rings is 2. The molecule has 1 fully saturated rings. The summed E-state index contributed by atoms with van der Waals surface area (Å²) >= 11 is 5.85. The number of rotatable bonds is 4. The van der Waals surface area contributed by atoms with Gasteiger partial charge in [0.05, 0.1) is 5.56 Å². The van der Waals surface area contributed by atoms with E-state index in [2.05, 4.69) is 9.88 Å². The van der Waals surface area contributed by atoms with Gasteiger partial charge in [-0.3, -0.25) is 14.6 Å². The van der Waals surface area contributed by atoms with Gasteiger partial charge in [-0.15, -0.1) is 0 Å². The number of anilines is 2. The van der Waals surface area contributed by atoms with Crippen LogP contribution in [0.5, 0.6) is 0 Å². The lowest BCUT2D eigenvalue weighted by Crippen LogP contribution is -2.44. The zero-order valence-corrected chi connectivity index (χ0v) is 20.0. The number of carbonyl (C=O) groups excluding carboxylic acids is 2. The van der Waals surface area contributed by atoms with Crippen LogP contribution in [0.4, 0.5) is 15.8 Å². The van der Waals surface area contributed by atoms with Gasteiger partial charge in [-0.1, -0.05) is 29.8 Å². The Labute approximate surface area is 208 Å². The highest BCUT2D eigenvalue weighted by Crippen LogP contribution is 2.30. The molecule has 5 rings (SSSR count). The summed E-state index contributed by atoms with van der Waals surface area (Å²) in [5.41, 5.74) is 2.77. The zero-order valence-electron chi connectivity index (χ0n) is 19.2. The fraction of sp³-hybridized carbons (Fsp3) is 0.296. The van der Waals surface area contributed by atoms with Crippen molar-refractivity contribution >= 4 is 34.8 Å². The molecule has 0 unspecified atom stereocenters. The molecule has 2 aliphatic rings. The highest BCUT2D eigenvalue weighted by molar-refractivity contribution is 6.30. The number of pyridine rings is 1. The molecule has 0 aliphatic carbocycles. The summed E-state index contributed by atoms with van der Waals surface area (Å²) in [6.07, 6.45) is 5.54. The van der Waals surface area contributed by atoms with Crippen molar-refractivity contribution in [2.45, 2.75) is 19.4 Å². The van der Waals surface area contributed by atoms with Crippen molar-refractivity contribution in [2.75, 3.05) is 36.0 Å². The molecular formula is C27H26ClFN4O2. The zero-order chi connectivity index (χ0) is 24.4. The molecule has 0 N–H and O–H groups in total. The Bertz CT molecular complexity index is 1230. The Morgan fingerprint density at radius 3 is 2.51 bits per heavy atom. The summed E-state index contributed by atoms with van der Waals surface area (Å²) in [7, 11) is 0. The van der Waals surface area contributed by atoms with E-state index in [0.29, 0.717) is 12.5 Å². The number of nitrogens with zero attached hydrogens (tertiary/aromatic N) is 4. The third-order valence-electron chi connectivity index (χ3n) is 6.80. The second kappa shape index (κ2) is 10.0. The van der Waals surface area contributed by atoms with Crippen molar-refractivity contribution in [1.82, 2.24) is 9.88 Å². The minimum absolute atomic E-state index is 0.0865. The second-order valence-electron chi connectivity index (χ2n) is 9.05. The predicted octanol–water partition coefficient (Wildman–Crippen LogP) is 4.78. The lowest BCUT2D eigenvalue weighted by molar-refractivity contribution is -0.119. The number of hydrogen-bond acceptors (Lipinski definition) is 4. The van der Waals surface area contributed by atoms with Crippen molar-refractivity contribution in [3.8, 4) is 0 Å². The molecule has 0 bridgehead atoms. The van der Waals surface area contributed by atoms with Crippen molar-refractivity contribution in [3.63, 3.8) is 0 Å². The van der Waals surface area contributed by atoms with E-state index in [9.17, 15) is 14.0 Å². The fourth-order valence-electron chi connectivity index (χ4n) is 4.92. The van der Waals surface area contributed by atoms with Crippen LogP contribution in [0.3, 0.4) is 0 Å². The number of carbonyl (C=O) groups is 2. The van der Waals surface area contributed by atoms with E-state index >= 15 is 0 Å². The molecule has 0 saturated carbocycles. The van der Waals surface area contributed by atoms with Gasteiger partial charge in [0.15, 0.2) is 0 Å². The predicted molar refractivity (Wildman–Crippen MR) is 134 cm³/mol. The Kier molecular flexibility index (Phi) is 6.68. The number of aromatic nitrogens is 1. The van der Waals surface area contributed by atoms with E-state index in [1.54, 1.807) is 12.4 Å². The van der Waals surface area contributed by atoms with Crippen LogP contribution in [0.15, 0.2) is 67.0 Å². The first kappa shape index (κ1) is 23.3. The first-order chi connectivity index (χ1) is 17.0. The first-order valence-corrected chi connectivity index (χ1v) is 12.1. The Morgan fingerprint density at radius 2 is 1.77 bits per heavy atom. The number of fused-ring (bicyclic) bond motifs is 1. The maximum Gasteiger partial charge on any atom is 0.257 e. The summed E-state index contributed by atoms with van der Waals surface area (Å²) in [4.78, 5) is 36.3. The van der Waals surface area contributed by atoms with Crippen molar-refractivity contribution in [1.29, 1.82) is 0 Å². The maximum atomic E-state index is 14.5.